The molecule has 0 saturated carbocycles. The van der Waals surface area contributed by atoms with Gasteiger partial charge >= 0.3 is 0 Å². The highest BCUT2D eigenvalue weighted by Gasteiger charge is 2.24. The largest absolute Gasteiger partial charge is 0.354 e. The molecule has 1 atom stereocenters. The van der Waals surface area contributed by atoms with Crippen LogP contribution >= 0.6 is 35.3 Å². The molecule has 3 rings (SSSR count). The Morgan fingerprint density at radius 3 is 2.41 bits per heavy atom. The minimum atomic E-state index is -3.16. The van der Waals surface area contributed by atoms with Crippen LogP contribution < -0.4 is 10.6 Å². The molecule has 0 amide bonds. The summed E-state index contributed by atoms with van der Waals surface area (Å²) in [5.74, 6) is 0.743. The fourth-order valence-electron chi connectivity index (χ4n) is 3.40. The Morgan fingerprint density at radius 1 is 1.17 bits per heavy atom. The number of sulfone groups is 1. The summed E-state index contributed by atoms with van der Waals surface area (Å²) in [4.78, 5) is 8.57. The second-order valence-corrected chi connectivity index (χ2v) is 9.99. The smallest absolute Gasteiger partial charge is 0.191 e. The van der Waals surface area contributed by atoms with Crippen molar-refractivity contribution in [3.05, 3.63) is 52.2 Å². The maximum Gasteiger partial charge on any atom is 0.191 e. The number of rotatable bonds is 7. The molecule has 0 aliphatic carbocycles. The average molecular weight is 549 g/mol. The first-order chi connectivity index (χ1) is 13.5. The van der Waals surface area contributed by atoms with Crippen LogP contribution in [0.5, 0.6) is 0 Å². The molecule has 2 heterocycles. The number of benzene rings is 1. The second-order valence-electron chi connectivity index (χ2n) is 7.00. The van der Waals surface area contributed by atoms with Crippen molar-refractivity contribution in [1.82, 2.24) is 15.5 Å². The SMILES string of the molecule is CN=C(NCc1ccc(S(C)(=O)=O)cc1)NCC(c1cccs1)N1CCCC1.I. The highest BCUT2D eigenvalue weighted by atomic mass is 127. The minimum absolute atomic E-state index is 0. The van der Waals surface area contributed by atoms with Gasteiger partial charge in [0.05, 0.1) is 10.9 Å². The summed E-state index contributed by atoms with van der Waals surface area (Å²) in [5.41, 5.74) is 1.00. The van der Waals surface area contributed by atoms with Crippen LogP contribution in [-0.2, 0) is 16.4 Å². The summed E-state index contributed by atoms with van der Waals surface area (Å²) in [6, 6.07) is 11.6. The summed E-state index contributed by atoms with van der Waals surface area (Å²) in [6.45, 7) is 3.66. The summed E-state index contributed by atoms with van der Waals surface area (Å²) in [5, 5.41) is 8.89. The van der Waals surface area contributed by atoms with Gasteiger partial charge in [-0.1, -0.05) is 18.2 Å². The predicted molar refractivity (Wildman–Crippen MR) is 131 cm³/mol. The molecule has 160 valence electrons. The molecule has 1 aromatic carbocycles. The van der Waals surface area contributed by atoms with E-state index in [1.54, 1.807) is 30.5 Å². The monoisotopic (exact) mass is 548 g/mol. The summed E-state index contributed by atoms with van der Waals surface area (Å²) < 4.78 is 23.1. The molecule has 9 heteroatoms. The lowest BCUT2D eigenvalue weighted by atomic mass is 10.2. The molecule has 1 fully saturated rings. The van der Waals surface area contributed by atoms with Gasteiger partial charge in [0.1, 0.15) is 0 Å². The van der Waals surface area contributed by atoms with Gasteiger partial charge in [0.15, 0.2) is 15.8 Å². The van der Waals surface area contributed by atoms with Gasteiger partial charge in [0, 0.05) is 31.3 Å². The number of halogens is 1. The number of hydrogen-bond donors (Lipinski definition) is 2. The van der Waals surface area contributed by atoms with Gasteiger partial charge in [-0.15, -0.1) is 35.3 Å². The summed E-state index contributed by atoms with van der Waals surface area (Å²) in [6.07, 6.45) is 3.74. The van der Waals surface area contributed by atoms with Crippen molar-refractivity contribution in [3.63, 3.8) is 0 Å². The number of nitrogens with zero attached hydrogens (tertiary/aromatic N) is 2. The zero-order valence-corrected chi connectivity index (χ0v) is 20.8. The van der Waals surface area contributed by atoms with E-state index in [1.807, 2.05) is 12.1 Å². The third-order valence-electron chi connectivity index (χ3n) is 4.95. The summed E-state index contributed by atoms with van der Waals surface area (Å²) in [7, 11) is -1.40. The third kappa shape index (κ3) is 6.94. The van der Waals surface area contributed by atoms with E-state index in [2.05, 4.69) is 38.0 Å². The number of guanidine groups is 1. The lowest BCUT2D eigenvalue weighted by Crippen LogP contribution is -2.42. The van der Waals surface area contributed by atoms with Crippen molar-refractivity contribution < 1.29 is 8.42 Å². The molecule has 1 aliphatic rings. The van der Waals surface area contributed by atoms with Crippen LogP contribution in [-0.4, -0.2) is 52.2 Å². The molecule has 6 nitrogen and oxygen atoms in total. The normalized spacial score (nSPS) is 16.3. The van der Waals surface area contributed by atoms with E-state index < -0.39 is 9.84 Å². The fraction of sp³-hybridized carbons (Fsp3) is 0.450. The highest BCUT2D eigenvalue weighted by Crippen LogP contribution is 2.27. The van der Waals surface area contributed by atoms with E-state index in [0.29, 0.717) is 17.5 Å². The molecule has 0 radical (unpaired) electrons. The fourth-order valence-corrected chi connectivity index (χ4v) is 4.89. The number of aliphatic imine (C=N–C) groups is 1. The highest BCUT2D eigenvalue weighted by molar-refractivity contribution is 14.0. The third-order valence-corrected chi connectivity index (χ3v) is 7.05. The second kappa shape index (κ2) is 11.3. The van der Waals surface area contributed by atoms with E-state index in [0.717, 1.165) is 31.2 Å². The van der Waals surface area contributed by atoms with Gasteiger partial charge in [0.25, 0.3) is 0 Å². The average Bonchev–Trinajstić information content (AvgIpc) is 3.38. The molecule has 2 aromatic rings. The predicted octanol–water partition coefficient (Wildman–Crippen LogP) is 3.27. The Morgan fingerprint density at radius 2 is 1.86 bits per heavy atom. The minimum Gasteiger partial charge on any atom is -0.354 e. The van der Waals surface area contributed by atoms with Crippen LogP contribution in [0.4, 0.5) is 0 Å². The molecule has 0 spiro atoms. The number of likely N-dealkylation sites (tertiary alicyclic amines) is 1. The molecule has 29 heavy (non-hydrogen) atoms. The van der Waals surface area contributed by atoms with Gasteiger partial charge in [-0.3, -0.25) is 9.89 Å². The molecule has 2 N–H and O–H groups in total. The zero-order valence-electron chi connectivity index (χ0n) is 16.8. The van der Waals surface area contributed by atoms with Crippen LogP contribution in [0.25, 0.3) is 0 Å². The molecule has 1 aliphatic heterocycles. The Kier molecular flexibility index (Phi) is 9.38. The Balaban J connectivity index is 0.00000300. The molecule has 0 bridgehead atoms. The first kappa shape index (κ1) is 24.1. The van der Waals surface area contributed by atoms with Crippen molar-refractivity contribution in [2.24, 2.45) is 4.99 Å². The van der Waals surface area contributed by atoms with E-state index in [1.165, 1.54) is 24.0 Å². The molecular formula is C20H29IN4O2S2. The maximum atomic E-state index is 11.6. The Hall–Kier alpha value is -1.17. The van der Waals surface area contributed by atoms with Gasteiger partial charge < -0.3 is 10.6 Å². The van der Waals surface area contributed by atoms with E-state index in [4.69, 9.17) is 0 Å². The molecule has 1 unspecified atom stereocenters. The van der Waals surface area contributed by atoms with E-state index in [-0.39, 0.29) is 24.0 Å². The van der Waals surface area contributed by atoms with Gasteiger partial charge in [-0.2, -0.15) is 0 Å². The van der Waals surface area contributed by atoms with Crippen molar-refractivity contribution in [3.8, 4) is 0 Å². The standard InChI is InChI=1S/C20H28N4O2S2.HI/c1-21-20(22-14-16-7-9-17(10-8-16)28(2,25)26)23-15-18(19-6-5-13-27-19)24-11-3-4-12-24;/h5-10,13,18H,3-4,11-12,14-15H2,1-2H3,(H2,21,22,23);1H. The lowest BCUT2D eigenvalue weighted by molar-refractivity contribution is 0.249. The van der Waals surface area contributed by atoms with Crippen LogP contribution in [0, 0.1) is 0 Å². The van der Waals surface area contributed by atoms with E-state index in [9.17, 15) is 8.42 Å². The zero-order chi connectivity index (χ0) is 20.0. The van der Waals surface area contributed by atoms with Crippen molar-refractivity contribution in [2.45, 2.75) is 30.3 Å². The van der Waals surface area contributed by atoms with Gasteiger partial charge in [-0.05, 0) is 55.1 Å². The van der Waals surface area contributed by atoms with E-state index >= 15 is 0 Å². The van der Waals surface area contributed by atoms with Crippen LogP contribution in [0.2, 0.25) is 0 Å². The van der Waals surface area contributed by atoms with Crippen molar-refractivity contribution >= 4 is 51.1 Å². The Bertz CT molecular complexity index is 878. The Labute approximate surface area is 194 Å². The van der Waals surface area contributed by atoms with Crippen molar-refractivity contribution in [1.29, 1.82) is 0 Å². The lowest BCUT2D eigenvalue weighted by Gasteiger charge is -2.27. The van der Waals surface area contributed by atoms with Crippen LogP contribution in [0.15, 0.2) is 51.7 Å². The number of thiophene rings is 1. The molecule has 1 aromatic heterocycles. The first-order valence-corrected chi connectivity index (χ1v) is 12.3. The van der Waals surface area contributed by atoms with Crippen molar-refractivity contribution in [2.75, 3.05) is 32.9 Å². The first-order valence-electron chi connectivity index (χ1n) is 9.48. The van der Waals surface area contributed by atoms with Gasteiger partial charge in [-0.25, -0.2) is 8.42 Å². The number of hydrogen-bond acceptors (Lipinski definition) is 5. The molecule has 1 saturated heterocycles. The number of nitrogens with one attached hydrogen (secondary N) is 2. The van der Waals surface area contributed by atoms with Gasteiger partial charge in [0.2, 0.25) is 0 Å². The summed E-state index contributed by atoms with van der Waals surface area (Å²) >= 11 is 1.80. The van der Waals surface area contributed by atoms with Crippen LogP contribution in [0.1, 0.15) is 29.3 Å². The maximum absolute atomic E-state index is 11.6. The quantitative estimate of drug-likeness (QED) is 0.316. The van der Waals surface area contributed by atoms with Crippen LogP contribution in [0.3, 0.4) is 0 Å². The topological polar surface area (TPSA) is 73.8 Å². The molecular weight excluding hydrogens is 519 g/mol.